The molecule has 152 valence electrons. The molecule has 1 fully saturated rings. The number of nitriles is 1. The van der Waals surface area contributed by atoms with Gasteiger partial charge in [-0.25, -0.2) is 0 Å². The van der Waals surface area contributed by atoms with Crippen molar-refractivity contribution >= 4 is 23.2 Å². The summed E-state index contributed by atoms with van der Waals surface area (Å²) < 4.78 is 0. The van der Waals surface area contributed by atoms with Crippen molar-refractivity contribution in [3.8, 4) is 6.07 Å². The van der Waals surface area contributed by atoms with E-state index < -0.39 is 0 Å². The van der Waals surface area contributed by atoms with Crippen LogP contribution in [-0.2, 0) is 4.79 Å². The van der Waals surface area contributed by atoms with Crippen molar-refractivity contribution in [2.45, 2.75) is 83.6 Å². The van der Waals surface area contributed by atoms with Gasteiger partial charge in [0.1, 0.15) is 11.6 Å². The highest BCUT2D eigenvalue weighted by Gasteiger charge is 2.16. The van der Waals surface area contributed by atoms with Crippen LogP contribution in [0.2, 0.25) is 5.02 Å². The first-order valence-corrected chi connectivity index (χ1v) is 10.9. The fourth-order valence-corrected chi connectivity index (χ4v) is 3.81. The molecule has 1 aromatic rings. The van der Waals surface area contributed by atoms with Crippen LogP contribution in [0.25, 0.3) is 0 Å². The first-order valence-electron chi connectivity index (χ1n) is 10.5. The van der Waals surface area contributed by atoms with Crippen LogP contribution < -0.4 is 10.6 Å². The molecule has 0 saturated heterocycles. The molecule has 0 aromatic heterocycles. The summed E-state index contributed by atoms with van der Waals surface area (Å²) in [7, 11) is 0. The van der Waals surface area contributed by atoms with Gasteiger partial charge in [0.15, 0.2) is 0 Å². The van der Waals surface area contributed by atoms with E-state index in [2.05, 4.69) is 10.6 Å². The summed E-state index contributed by atoms with van der Waals surface area (Å²) in [5.74, 6) is -0.299. The van der Waals surface area contributed by atoms with Gasteiger partial charge in [-0.15, -0.1) is 0 Å². The Balaban J connectivity index is 1.96. The summed E-state index contributed by atoms with van der Waals surface area (Å²) in [6.45, 7) is 1.90. The standard InChI is InChI=1S/C23H32ClN3O/c1-18-21(24)14-11-15-22(18)26-17-19(16-25)23(28)27-20-12-9-7-5-3-2-4-6-8-10-13-20/h11,14-15,17,20,26H,2-10,12-13H2,1H3,(H,27,28)/b19-17-. The number of anilines is 1. The minimum atomic E-state index is -0.299. The van der Waals surface area contributed by atoms with E-state index in [0.717, 1.165) is 36.9 Å². The highest BCUT2D eigenvalue weighted by Crippen LogP contribution is 2.23. The predicted molar refractivity (Wildman–Crippen MR) is 116 cm³/mol. The Bertz CT molecular complexity index is 696. The van der Waals surface area contributed by atoms with Crippen molar-refractivity contribution in [3.63, 3.8) is 0 Å². The predicted octanol–water partition coefficient (Wildman–Crippen LogP) is 6.26. The fourth-order valence-electron chi connectivity index (χ4n) is 3.63. The van der Waals surface area contributed by atoms with Crippen molar-refractivity contribution in [1.82, 2.24) is 5.32 Å². The van der Waals surface area contributed by atoms with E-state index in [1.807, 2.05) is 31.2 Å². The molecular formula is C23H32ClN3O. The van der Waals surface area contributed by atoms with Gasteiger partial charge < -0.3 is 10.6 Å². The van der Waals surface area contributed by atoms with Crippen molar-refractivity contribution in [2.75, 3.05) is 5.32 Å². The fraction of sp³-hybridized carbons (Fsp3) is 0.565. The van der Waals surface area contributed by atoms with Crippen LogP contribution in [0.15, 0.2) is 30.0 Å². The Morgan fingerprint density at radius 2 is 1.64 bits per heavy atom. The lowest BCUT2D eigenvalue weighted by atomic mass is 9.98. The number of hydrogen-bond donors (Lipinski definition) is 2. The number of carbonyl (C=O) groups excluding carboxylic acids is 1. The molecule has 0 atom stereocenters. The lowest BCUT2D eigenvalue weighted by Crippen LogP contribution is -2.35. The Labute approximate surface area is 174 Å². The van der Waals surface area contributed by atoms with Gasteiger partial charge >= 0.3 is 0 Å². The number of halogens is 1. The molecule has 2 rings (SSSR count). The van der Waals surface area contributed by atoms with Crippen molar-refractivity contribution in [2.24, 2.45) is 0 Å². The average Bonchev–Trinajstić information content (AvgIpc) is 2.67. The molecular weight excluding hydrogens is 370 g/mol. The van der Waals surface area contributed by atoms with Crippen LogP contribution in [0.3, 0.4) is 0 Å². The molecule has 1 saturated carbocycles. The second-order valence-electron chi connectivity index (χ2n) is 7.66. The molecule has 1 aromatic carbocycles. The van der Waals surface area contributed by atoms with E-state index >= 15 is 0 Å². The molecule has 1 aliphatic carbocycles. The van der Waals surface area contributed by atoms with E-state index in [4.69, 9.17) is 11.6 Å². The lowest BCUT2D eigenvalue weighted by Gasteiger charge is -2.19. The SMILES string of the molecule is Cc1c(Cl)cccc1N/C=C(/C#N)C(=O)NC1CCCCCCCCCCC1. The molecule has 5 heteroatoms. The van der Waals surface area contributed by atoms with E-state index in [0.29, 0.717) is 5.02 Å². The van der Waals surface area contributed by atoms with Crippen molar-refractivity contribution in [1.29, 1.82) is 5.26 Å². The second-order valence-corrected chi connectivity index (χ2v) is 8.06. The zero-order chi connectivity index (χ0) is 20.2. The van der Waals surface area contributed by atoms with Crippen LogP contribution in [-0.4, -0.2) is 11.9 Å². The molecule has 1 amide bonds. The van der Waals surface area contributed by atoms with Crippen LogP contribution in [0.1, 0.15) is 76.2 Å². The summed E-state index contributed by atoms with van der Waals surface area (Å²) in [6.07, 6.45) is 14.8. The number of benzene rings is 1. The third-order valence-electron chi connectivity index (χ3n) is 5.45. The number of nitrogens with zero attached hydrogens (tertiary/aromatic N) is 1. The van der Waals surface area contributed by atoms with Crippen molar-refractivity contribution in [3.05, 3.63) is 40.6 Å². The Hall–Kier alpha value is -1.99. The topological polar surface area (TPSA) is 64.9 Å². The molecule has 1 aliphatic rings. The molecule has 28 heavy (non-hydrogen) atoms. The summed E-state index contributed by atoms with van der Waals surface area (Å²) >= 11 is 6.12. The number of hydrogen-bond acceptors (Lipinski definition) is 3. The van der Waals surface area contributed by atoms with Crippen LogP contribution in [0.4, 0.5) is 5.69 Å². The molecule has 0 aliphatic heterocycles. The van der Waals surface area contributed by atoms with Crippen LogP contribution >= 0.6 is 11.6 Å². The normalized spacial score (nSPS) is 17.7. The smallest absolute Gasteiger partial charge is 0.263 e. The minimum absolute atomic E-state index is 0.0884. The quantitative estimate of drug-likeness (QED) is 0.462. The van der Waals surface area contributed by atoms with Gasteiger partial charge in [-0.2, -0.15) is 5.26 Å². The highest BCUT2D eigenvalue weighted by molar-refractivity contribution is 6.31. The maximum Gasteiger partial charge on any atom is 0.263 e. The first-order chi connectivity index (χ1) is 13.6. The number of nitrogens with one attached hydrogen (secondary N) is 2. The molecule has 0 spiro atoms. The van der Waals surface area contributed by atoms with Gasteiger partial charge in [0, 0.05) is 23.0 Å². The molecule has 0 heterocycles. The third kappa shape index (κ3) is 7.56. The van der Waals surface area contributed by atoms with Gasteiger partial charge in [0.25, 0.3) is 5.91 Å². The Kier molecular flexibility index (Phi) is 9.93. The van der Waals surface area contributed by atoms with Gasteiger partial charge in [-0.3, -0.25) is 4.79 Å². The number of carbonyl (C=O) groups is 1. The maximum atomic E-state index is 12.6. The summed E-state index contributed by atoms with van der Waals surface area (Å²) in [5, 5.41) is 16.2. The third-order valence-corrected chi connectivity index (χ3v) is 5.85. The van der Waals surface area contributed by atoms with Gasteiger partial charge in [-0.05, 0) is 37.5 Å². The minimum Gasteiger partial charge on any atom is -0.360 e. The van der Waals surface area contributed by atoms with Crippen LogP contribution in [0, 0.1) is 18.3 Å². The molecule has 4 nitrogen and oxygen atoms in total. The van der Waals surface area contributed by atoms with Gasteiger partial charge in [-0.1, -0.05) is 75.5 Å². The van der Waals surface area contributed by atoms with E-state index in [1.54, 1.807) is 0 Å². The van der Waals surface area contributed by atoms with E-state index in [9.17, 15) is 10.1 Å². The summed E-state index contributed by atoms with van der Waals surface area (Å²) in [5.41, 5.74) is 1.77. The lowest BCUT2D eigenvalue weighted by molar-refractivity contribution is -0.117. The molecule has 0 unspecified atom stereocenters. The Morgan fingerprint density at radius 3 is 2.21 bits per heavy atom. The van der Waals surface area contributed by atoms with Gasteiger partial charge in [0.05, 0.1) is 0 Å². The van der Waals surface area contributed by atoms with Crippen molar-refractivity contribution < 1.29 is 4.79 Å². The zero-order valence-corrected chi connectivity index (χ0v) is 17.7. The number of rotatable bonds is 4. The monoisotopic (exact) mass is 401 g/mol. The zero-order valence-electron chi connectivity index (χ0n) is 16.9. The molecule has 2 N–H and O–H groups in total. The van der Waals surface area contributed by atoms with E-state index in [-0.39, 0.29) is 17.5 Å². The largest absolute Gasteiger partial charge is 0.360 e. The summed E-state index contributed by atoms with van der Waals surface area (Å²) in [4.78, 5) is 12.6. The maximum absolute atomic E-state index is 12.6. The van der Waals surface area contributed by atoms with Crippen LogP contribution in [0.5, 0.6) is 0 Å². The molecule has 0 bridgehead atoms. The van der Waals surface area contributed by atoms with Gasteiger partial charge in [0.2, 0.25) is 0 Å². The Morgan fingerprint density at radius 1 is 1.07 bits per heavy atom. The first kappa shape index (κ1) is 22.3. The average molecular weight is 402 g/mol. The highest BCUT2D eigenvalue weighted by atomic mass is 35.5. The number of amides is 1. The van der Waals surface area contributed by atoms with E-state index in [1.165, 1.54) is 51.1 Å². The second kappa shape index (κ2) is 12.5. The summed E-state index contributed by atoms with van der Waals surface area (Å²) in [6, 6.07) is 7.69. The molecule has 0 radical (unpaired) electrons.